The summed E-state index contributed by atoms with van der Waals surface area (Å²) in [6, 6.07) is 20.3. The van der Waals surface area contributed by atoms with Gasteiger partial charge in [0.05, 0.1) is 23.2 Å². The van der Waals surface area contributed by atoms with Gasteiger partial charge in [0, 0.05) is 6.54 Å². The van der Waals surface area contributed by atoms with Crippen molar-refractivity contribution < 1.29 is 13.5 Å². The van der Waals surface area contributed by atoms with E-state index in [2.05, 4.69) is 18.7 Å². The second-order valence-corrected chi connectivity index (χ2v) is 10.2. The van der Waals surface area contributed by atoms with Crippen LogP contribution in [-0.2, 0) is 10.0 Å². The topological polar surface area (TPSA) is 60.9 Å². The molecule has 5 nitrogen and oxygen atoms in total. The zero-order chi connectivity index (χ0) is 23.1. The molecular formula is C26H34N2O3S. The lowest BCUT2D eigenvalue weighted by Crippen LogP contribution is -2.43. The number of hydrogen-bond acceptors (Lipinski definition) is 4. The van der Waals surface area contributed by atoms with Crippen molar-refractivity contribution in [2.45, 2.75) is 44.6 Å². The average molecular weight is 455 g/mol. The Morgan fingerprint density at radius 3 is 2.09 bits per heavy atom. The first-order valence-corrected chi connectivity index (χ1v) is 12.8. The van der Waals surface area contributed by atoms with Gasteiger partial charge in [-0.2, -0.15) is 0 Å². The van der Waals surface area contributed by atoms with Crippen LogP contribution in [0.3, 0.4) is 0 Å². The van der Waals surface area contributed by atoms with Gasteiger partial charge in [-0.15, -0.1) is 0 Å². The Hall–Kier alpha value is -2.41. The smallest absolute Gasteiger partial charge is 0.264 e. The van der Waals surface area contributed by atoms with E-state index in [1.54, 1.807) is 24.3 Å². The standard InChI is InChI=1S/C26H34N2O3S/c1-4-16-27(17-5-2)19-25(29)20-28(24-13-10-21(3)11-14-24)32(30,31)26-15-12-22-8-6-7-9-23(22)18-26/h6-15,18,25,29H,4-5,16-17,19-20H2,1-3H3. The first-order valence-electron chi connectivity index (χ1n) is 11.3. The van der Waals surface area contributed by atoms with Crippen molar-refractivity contribution in [1.82, 2.24) is 4.90 Å². The van der Waals surface area contributed by atoms with Gasteiger partial charge in [-0.1, -0.05) is 61.9 Å². The highest BCUT2D eigenvalue weighted by Gasteiger charge is 2.28. The minimum absolute atomic E-state index is 0.00213. The Morgan fingerprint density at radius 2 is 1.47 bits per heavy atom. The molecule has 0 bridgehead atoms. The lowest BCUT2D eigenvalue weighted by Gasteiger charge is -2.30. The summed E-state index contributed by atoms with van der Waals surface area (Å²) in [7, 11) is -3.86. The fourth-order valence-electron chi connectivity index (χ4n) is 3.98. The summed E-state index contributed by atoms with van der Waals surface area (Å²) >= 11 is 0. The molecule has 3 aromatic rings. The number of hydrogen-bond donors (Lipinski definition) is 1. The Balaban J connectivity index is 1.95. The first kappa shape index (κ1) is 24.2. The summed E-state index contributed by atoms with van der Waals surface area (Å²) in [5, 5.41) is 12.8. The van der Waals surface area contributed by atoms with Crippen molar-refractivity contribution in [3.05, 3.63) is 72.3 Å². The summed E-state index contributed by atoms with van der Waals surface area (Å²) in [6.45, 7) is 8.39. The van der Waals surface area contributed by atoms with Gasteiger partial charge in [0.1, 0.15) is 0 Å². The summed E-state index contributed by atoms with van der Waals surface area (Å²) < 4.78 is 28.8. The molecule has 1 N–H and O–H groups in total. The summed E-state index contributed by atoms with van der Waals surface area (Å²) in [5.41, 5.74) is 1.61. The molecule has 172 valence electrons. The van der Waals surface area contributed by atoms with Crippen LogP contribution in [0.5, 0.6) is 0 Å². The zero-order valence-electron chi connectivity index (χ0n) is 19.2. The highest BCUT2D eigenvalue weighted by molar-refractivity contribution is 7.92. The van der Waals surface area contributed by atoms with Crippen LogP contribution >= 0.6 is 0 Å². The minimum atomic E-state index is -3.86. The predicted molar refractivity (Wildman–Crippen MR) is 133 cm³/mol. The van der Waals surface area contributed by atoms with Crippen LogP contribution in [0.25, 0.3) is 10.8 Å². The molecule has 32 heavy (non-hydrogen) atoms. The van der Waals surface area contributed by atoms with Crippen LogP contribution in [0.2, 0.25) is 0 Å². The van der Waals surface area contributed by atoms with E-state index in [1.165, 1.54) is 4.31 Å². The highest BCUT2D eigenvalue weighted by atomic mass is 32.2. The second kappa shape index (κ2) is 10.9. The van der Waals surface area contributed by atoms with E-state index in [0.29, 0.717) is 12.2 Å². The van der Waals surface area contributed by atoms with Gasteiger partial charge in [-0.25, -0.2) is 8.42 Å². The van der Waals surface area contributed by atoms with E-state index in [1.807, 2.05) is 49.4 Å². The number of aliphatic hydroxyl groups is 1. The van der Waals surface area contributed by atoms with Gasteiger partial charge in [-0.3, -0.25) is 4.31 Å². The van der Waals surface area contributed by atoms with E-state index in [-0.39, 0.29) is 11.4 Å². The van der Waals surface area contributed by atoms with Crippen LogP contribution in [0.15, 0.2) is 71.6 Å². The highest BCUT2D eigenvalue weighted by Crippen LogP contribution is 2.27. The zero-order valence-corrected chi connectivity index (χ0v) is 20.1. The molecule has 1 atom stereocenters. The normalized spacial score (nSPS) is 12.9. The number of fused-ring (bicyclic) bond motifs is 1. The van der Waals surface area contributed by atoms with E-state index in [0.717, 1.165) is 42.3 Å². The quantitative estimate of drug-likeness (QED) is 0.451. The van der Waals surface area contributed by atoms with Crippen LogP contribution < -0.4 is 4.31 Å². The molecule has 0 saturated carbocycles. The first-order chi connectivity index (χ1) is 15.3. The van der Waals surface area contributed by atoms with Crippen LogP contribution in [0.1, 0.15) is 32.3 Å². The van der Waals surface area contributed by atoms with Crippen LogP contribution in [-0.4, -0.2) is 50.7 Å². The number of anilines is 1. The van der Waals surface area contributed by atoms with Crippen LogP contribution in [0.4, 0.5) is 5.69 Å². The molecule has 0 aliphatic heterocycles. The third-order valence-electron chi connectivity index (χ3n) is 5.56. The maximum absolute atomic E-state index is 13.7. The molecule has 0 radical (unpaired) electrons. The molecule has 3 rings (SSSR count). The number of benzene rings is 3. The number of sulfonamides is 1. The second-order valence-electron chi connectivity index (χ2n) is 8.34. The van der Waals surface area contributed by atoms with Gasteiger partial charge in [0.2, 0.25) is 0 Å². The van der Waals surface area contributed by atoms with Crippen molar-refractivity contribution in [2.24, 2.45) is 0 Å². The maximum atomic E-state index is 13.7. The van der Waals surface area contributed by atoms with Crippen LogP contribution in [0, 0.1) is 6.92 Å². The molecule has 6 heteroatoms. The lowest BCUT2D eigenvalue weighted by atomic mass is 10.1. The van der Waals surface area contributed by atoms with E-state index >= 15 is 0 Å². The van der Waals surface area contributed by atoms with Crippen molar-refractivity contribution in [3.8, 4) is 0 Å². The third kappa shape index (κ3) is 5.88. The fraction of sp³-hybridized carbons (Fsp3) is 0.385. The van der Waals surface area contributed by atoms with Crippen molar-refractivity contribution in [3.63, 3.8) is 0 Å². The monoisotopic (exact) mass is 454 g/mol. The van der Waals surface area contributed by atoms with E-state index in [9.17, 15) is 13.5 Å². The van der Waals surface area contributed by atoms with Gasteiger partial charge in [0.25, 0.3) is 10.0 Å². The molecule has 1 unspecified atom stereocenters. The third-order valence-corrected chi connectivity index (χ3v) is 7.35. The minimum Gasteiger partial charge on any atom is -0.390 e. The molecule has 3 aromatic carbocycles. The molecular weight excluding hydrogens is 420 g/mol. The van der Waals surface area contributed by atoms with Gasteiger partial charge >= 0.3 is 0 Å². The Labute approximate surface area is 192 Å². The van der Waals surface area contributed by atoms with Gasteiger partial charge in [0.15, 0.2) is 0 Å². The van der Waals surface area contributed by atoms with Gasteiger partial charge in [-0.05, 0) is 67.9 Å². The molecule has 0 spiro atoms. The molecule has 0 aliphatic carbocycles. The molecule has 0 fully saturated rings. The van der Waals surface area contributed by atoms with Crippen molar-refractivity contribution in [2.75, 3.05) is 30.5 Å². The Morgan fingerprint density at radius 1 is 0.844 bits per heavy atom. The predicted octanol–water partition coefficient (Wildman–Crippen LogP) is 4.83. The van der Waals surface area contributed by atoms with E-state index in [4.69, 9.17) is 0 Å². The Bertz CT molecular complexity index is 1110. The van der Waals surface area contributed by atoms with Crippen molar-refractivity contribution in [1.29, 1.82) is 0 Å². The van der Waals surface area contributed by atoms with E-state index < -0.39 is 16.1 Å². The number of nitrogens with zero attached hydrogens (tertiary/aromatic N) is 2. The molecule has 0 saturated heterocycles. The van der Waals surface area contributed by atoms with Crippen molar-refractivity contribution >= 4 is 26.5 Å². The molecule has 0 heterocycles. The molecule has 0 aliphatic rings. The Kier molecular flexibility index (Phi) is 8.29. The average Bonchev–Trinajstić information content (AvgIpc) is 2.78. The molecule has 0 amide bonds. The molecule has 0 aromatic heterocycles. The summed E-state index contributed by atoms with van der Waals surface area (Å²) in [6.07, 6.45) is 1.18. The lowest BCUT2D eigenvalue weighted by molar-refractivity contribution is 0.119. The van der Waals surface area contributed by atoms with Gasteiger partial charge < -0.3 is 10.0 Å². The maximum Gasteiger partial charge on any atom is 0.264 e. The number of rotatable bonds is 11. The fourth-order valence-corrected chi connectivity index (χ4v) is 5.52. The SMILES string of the molecule is CCCN(CCC)CC(O)CN(c1ccc(C)cc1)S(=O)(=O)c1ccc2ccccc2c1. The summed E-state index contributed by atoms with van der Waals surface area (Å²) in [4.78, 5) is 2.42. The summed E-state index contributed by atoms with van der Waals surface area (Å²) in [5.74, 6) is 0. The number of aryl methyl sites for hydroxylation is 1. The largest absolute Gasteiger partial charge is 0.390 e. The number of aliphatic hydroxyl groups excluding tert-OH is 1.